The molecule has 4 N–H and O–H groups in total. The van der Waals surface area contributed by atoms with Gasteiger partial charge in [-0.2, -0.15) is 5.10 Å². The number of hydrogen-bond donors (Lipinski definition) is 4. The Labute approximate surface area is 288 Å². The quantitative estimate of drug-likeness (QED) is 0.130. The molecule has 0 saturated carbocycles. The maximum Gasteiger partial charge on any atom is 0.251 e. The Morgan fingerprint density at radius 3 is 2.20 bits per heavy atom. The normalized spacial score (nSPS) is 13.3. The van der Waals surface area contributed by atoms with Crippen LogP contribution in [-0.4, -0.2) is 80.3 Å². The van der Waals surface area contributed by atoms with Gasteiger partial charge in [0.05, 0.1) is 60.4 Å². The van der Waals surface area contributed by atoms with Crippen molar-refractivity contribution < 1.29 is 27.9 Å². The highest BCUT2D eigenvalue weighted by atomic mass is 32.2. The Morgan fingerprint density at radius 2 is 1.59 bits per heavy atom. The molecule has 1 heterocycles. The maximum absolute atomic E-state index is 13.9. The van der Waals surface area contributed by atoms with Crippen LogP contribution in [0.5, 0.6) is 0 Å². The van der Waals surface area contributed by atoms with E-state index in [0.717, 1.165) is 22.5 Å². The van der Waals surface area contributed by atoms with E-state index < -0.39 is 34.0 Å². The van der Waals surface area contributed by atoms with Gasteiger partial charge in [0.2, 0.25) is 10.0 Å². The highest BCUT2D eigenvalue weighted by Crippen LogP contribution is 2.22. The van der Waals surface area contributed by atoms with Crippen molar-refractivity contribution in [2.75, 3.05) is 42.7 Å². The van der Waals surface area contributed by atoms with Gasteiger partial charge in [-0.05, 0) is 56.5 Å². The molecule has 0 fully saturated rings. The summed E-state index contributed by atoms with van der Waals surface area (Å²) in [6.45, 7) is 6.55. The van der Waals surface area contributed by atoms with Gasteiger partial charge in [0.15, 0.2) is 0 Å². The molecule has 0 saturated heterocycles. The van der Waals surface area contributed by atoms with Crippen molar-refractivity contribution in [2.45, 2.75) is 51.9 Å². The van der Waals surface area contributed by atoms with E-state index in [2.05, 4.69) is 20.5 Å². The number of carbonyl (C=O) groups is 2. The number of sulfonamides is 1. The lowest BCUT2D eigenvalue weighted by molar-refractivity contribution is 0.0843. The molecule has 0 aliphatic rings. The number of aromatic nitrogens is 2. The van der Waals surface area contributed by atoms with Crippen LogP contribution in [-0.2, 0) is 27.7 Å². The summed E-state index contributed by atoms with van der Waals surface area (Å²) in [5.74, 6) is -1.25. The van der Waals surface area contributed by atoms with Crippen LogP contribution in [0.15, 0.2) is 85.1 Å². The molecule has 0 aliphatic heterocycles. The summed E-state index contributed by atoms with van der Waals surface area (Å²) >= 11 is 0. The van der Waals surface area contributed by atoms with Crippen LogP contribution in [0.3, 0.4) is 0 Å². The summed E-state index contributed by atoms with van der Waals surface area (Å²) in [7, 11) is -0.243. The maximum atomic E-state index is 13.9. The lowest BCUT2D eigenvalue weighted by Gasteiger charge is -2.29. The number of hydrogen-bond acceptors (Lipinski definition) is 8. The second-order valence-corrected chi connectivity index (χ2v) is 14.0. The highest BCUT2D eigenvalue weighted by molar-refractivity contribution is 7.92. The third-order valence-electron chi connectivity index (χ3n) is 8.29. The molecule has 13 heteroatoms. The molecule has 0 spiro atoms. The molecule has 4 rings (SSSR count). The number of likely N-dealkylation sites (N-methyl/N-ethyl adjacent to an activating group) is 1. The van der Waals surface area contributed by atoms with Gasteiger partial charge in [0, 0.05) is 31.8 Å². The number of nitrogens with one attached hydrogen (secondary N) is 3. The number of aliphatic hydroxyl groups is 1. The predicted molar refractivity (Wildman–Crippen MR) is 191 cm³/mol. The average Bonchev–Trinajstić information content (AvgIpc) is 3.47. The van der Waals surface area contributed by atoms with Crippen LogP contribution in [0, 0.1) is 6.92 Å². The zero-order valence-electron chi connectivity index (χ0n) is 28.6. The Balaban J connectivity index is 1.61. The number of amides is 2. The summed E-state index contributed by atoms with van der Waals surface area (Å²) in [6, 6.07) is 22.0. The van der Waals surface area contributed by atoms with Crippen molar-refractivity contribution in [3.63, 3.8) is 0 Å². The molecule has 0 bridgehead atoms. The SMILES string of the molecule is CCS(=O)(=O)Nc1cc(C(=O)N[C@@H](Cc2ccccc2)[C@H](O)CN(C)c2cnn(CCOC)c2C)cc(C(=O)N[C@H](C)c2ccccc2)c1. The van der Waals surface area contributed by atoms with Crippen LogP contribution >= 0.6 is 0 Å². The van der Waals surface area contributed by atoms with Crippen molar-refractivity contribution >= 4 is 33.2 Å². The standard InChI is InChI=1S/C36H46N6O6S/c1-6-49(46,47)40-31-21-29(35(44)38-25(2)28-15-11-8-12-16-28)20-30(22-31)36(45)39-32(19-27-13-9-7-10-14-27)34(43)24-41(4)33-23-37-42(26(33)3)17-18-48-5/h7-16,20-23,25,32,34,40,43H,6,17-19,24H2,1-5H3,(H,38,44)(H,39,45)/t25-,32+,34-/m1/s1. The van der Waals surface area contributed by atoms with Crippen LogP contribution < -0.4 is 20.3 Å². The molecular formula is C36H46N6O6S. The zero-order chi connectivity index (χ0) is 35.6. The zero-order valence-corrected chi connectivity index (χ0v) is 29.4. The second kappa shape index (κ2) is 17.1. The second-order valence-electron chi connectivity index (χ2n) is 12.0. The Bertz CT molecular complexity index is 1800. The fourth-order valence-electron chi connectivity index (χ4n) is 5.43. The molecule has 49 heavy (non-hydrogen) atoms. The van der Waals surface area contributed by atoms with Gasteiger partial charge in [0.1, 0.15) is 0 Å². The Kier molecular flexibility index (Phi) is 12.9. The van der Waals surface area contributed by atoms with Gasteiger partial charge < -0.3 is 25.4 Å². The van der Waals surface area contributed by atoms with E-state index in [1.54, 1.807) is 13.3 Å². The Morgan fingerprint density at radius 1 is 0.980 bits per heavy atom. The topological polar surface area (TPSA) is 155 Å². The smallest absolute Gasteiger partial charge is 0.251 e. The minimum atomic E-state index is -3.72. The van der Waals surface area contributed by atoms with Crippen LogP contribution in [0.25, 0.3) is 0 Å². The fraction of sp³-hybridized carbons (Fsp3) is 0.361. The van der Waals surface area contributed by atoms with Crippen LogP contribution in [0.2, 0.25) is 0 Å². The number of carbonyl (C=O) groups excluding carboxylic acids is 2. The first-order valence-corrected chi connectivity index (χ1v) is 17.8. The first-order chi connectivity index (χ1) is 23.4. The highest BCUT2D eigenvalue weighted by Gasteiger charge is 2.26. The number of aliphatic hydroxyl groups excluding tert-OH is 1. The molecule has 0 radical (unpaired) electrons. The van der Waals surface area contributed by atoms with Crippen LogP contribution in [0.4, 0.5) is 11.4 Å². The van der Waals surface area contributed by atoms with Gasteiger partial charge >= 0.3 is 0 Å². The number of benzene rings is 3. The number of methoxy groups -OCH3 is 1. The fourth-order valence-corrected chi connectivity index (χ4v) is 6.05. The molecule has 0 aliphatic carbocycles. The van der Waals surface area contributed by atoms with E-state index in [0.29, 0.717) is 19.6 Å². The minimum Gasteiger partial charge on any atom is -0.389 e. The van der Waals surface area contributed by atoms with Gasteiger partial charge in [-0.1, -0.05) is 60.7 Å². The molecule has 2 amide bonds. The molecule has 12 nitrogen and oxygen atoms in total. The van der Waals surface area contributed by atoms with E-state index in [9.17, 15) is 23.1 Å². The Hall–Kier alpha value is -4.72. The number of nitrogens with zero attached hydrogens (tertiary/aromatic N) is 3. The summed E-state index contributed by atoms with van der Waals surface area (Å²) < 4.78 is 34.5. The van der Waals surface area contributed by atoms with Gasteiger partial charge in [0.25, 0.3) is 11.8 Å². The van der Waals surface area contributed by atoms with Crippen molar-refractivity contribution in [3.8, 4) is 0 Å². The average molecular weight is 691 g/mol. The number of ether oxygens (including phenoxy) is 1. The molecule has 3 aromatic carbocycles. The number of anilines is 2. The van der Waals surface area contributed by atoms with Crippen molar-refractivity contribution in [1.82, 2.24) is 20.4 Å². The van der Waals surface area contributed by atoms with Crippen molar-refractivity contribution in [3.05, 3.63) is 113 Å². The molecule has 262 valence electrons. The lowest BCUT2D eigenvalue weighted by atomic mass is 9.99. The molecule has 3 atom stereocenters. The summed E-state index contributed by atoms with van der Waals surface area (Å²) in [4.78, 5) is 29.2. The van der Waals surface area contributed by atoms with E-state index in [-0.39, 0.29) is 35.2 Å². The number of rotatable bonds is 17. The first-order valence-electron chi connectivity index (χ1n) is 16.2. The minimum absolute atomic E-state index is 0.0581. The van der Waals surface area contributed by atoms with E-state index in [1.165, 1.54) is 25.1 Å². The summed E-state index contributed by atoms with van der Waals surface area (Å²) in [6.07, 6.45) is 1.03. The van der Waals surface area contributed by atoms with Gasteiger partial charge in [-0.15, -0.1) is 0 Å². The monoisotopic (exact) mass is 690 g/mol. The van der Waals surface area contributed by atoms with Crippen molar-refractivity contribution in [1.29, 1.82) is 0 Å². The summed E-state index contributed by atoms with van der Waals surface area (Å²) in [5.41, 5.74) is 3.76. The van der Waals surface area contributed by atoms with E-state index >= 15 is 0 Å². The third kappa shape index (κ3) is 10.4. The van der Waals surface area contributed by atoms with E-state index in [1.807, 2.05) is 91.1 Å². The molecule has 4 aromatic rings. The van der Waals surface area contributed by atoms with Gasteiger partial charge in [-0.25, -0.2) is 8.42 Å². The van der Waals surface area contributed by atoms with Crippen molar-refractivity contribution in [2.24, 2.45) is 0 Å². The van der Waals surface area contributed by atoms with E-state index in [4.69, 9.17) is 4.74 Å². The first kappa shape index (κ1) is 37.1. The predicted octanol–water partition coefficient (Wildman–Crippen LogP) is 3.93. The third-order valence-corrected chi connectivity index (χ3v) is 9.60. The largest absolute Gasteiger partial charge is 0.389 e. The molecule has 0 unspecified atom stereocenters. The summed E-state index contributed by atoms with van der Waals surface area (Å²) in [5, 5.41) is 21.9. The van der Waals surface area contributed by atoms with Gasteiger partial charge in [-0.3, -0.25) is 19.0 Å². The molecule has 1 aromatic heterocycles. The van der Waals surface area contributed by atoms with Crippen LogP contribution in [0.1, 0.15) is 57.4 Å². The molecular weight excluding hydrogens is 644 g/mol. The lowest BCUT2D eigenvalue weighted by Crippen LogP contribution is -2.49.